The summed E-state index contributed by atoms with van der Waals surface area (Å²) < 4.78 is 5.34. The van der Waals surface area contributed by atoms with Crippen LogP contribution in [0.15, 0.2) is 16.8 Å². The molecular weight excluding hydrogens is 342 g/mol. The van der Waals surface area contributed by atoms with Crippen molar-refractivity contribution in [2.45, 2.75) is 58.0 Å². The van der Waals surface area contributed by atoms with Crippen molar-refractivity contribution in [3.05, 3.63) is 40.8 Å². The number of carbonyl (C=O) groups is 1. The van der Waals surface area contributed by atoms with Crippen molar-refractivity contribution in [2.24, 2.45) is 0 Å². The lowest BCUT2D eigenvalue weighted by Crippen LogP contribution is -2.39. The van der Waals surface area contributed by atoms with Gasteiger partial charge in [0.2, 0.25) is 5.76 Å². The summed E-state index contributed by atoms with van der Waals surface area (Å²) in [6, 6.07) is 1.67. The normalized spacial score (nSPS) is 20.7. The topological polar surface area (TPSA) is 75.4 Å². The van der Waals surface area contributed by atoms with E-state index in [-0.39, 0.29) is 17.9 Å². The van der Waals surface area contributed by atoms with Gasteiger partial charge < -0.3 is 14.3 Å². The lowest BCUT2D eigenvalue weighted by molar-refractivity contribution is 0.0557. The van der Waals surface area contributed by atoms with Crippen LogP contribution in [0.1, 0.15) is 78.4 Å². The van der Waals surface area contributed by atoms with Crippen LogP contribution < -0.4 is 0 Å². The summed E-state index contributed by atoms with van der Waals surface area (Å²) in [5.41, 5.74) is 3.12. The minimum absolute atomic E-state index is 0.0937. The highest BCUT2D eigenvalue weighted by molar-refractivity contribution is 5.91. The van der Waals surface area contributed by atoms with Crippen LogP contribution in [0.4, 0.5) is 0 Å². The Labute approximate surface area is 159 Å². The Hall–Kier alpha value is -2.28. The van der Waals surface area contributed by atoms with Crippen LogP contribution in [0.3, 0.4) is 0 Å². The third-order valence-electron chi connectivity index (χ3n) is 5.54. The molecule has 0 spiro atoms. The van der Waals surface area contributed by atoms with Crippen molar-refractivity contribution in [1.82, 2.24) is 24.9 Å². The van der Waals surface area contributed by atoms with Gasteiger partial charge in [0.15, 0.2) is 5.82 Å². The number of rotatable bonds is 3. The first kappa shape index (κ1) is 18.1. The van der Waals surface area contributed by atoms with E-state index in [1.165, 1.54) is 5.56 Å². The second-order valence-electron chi connectivity index (χ2n) is 7.97. The molecule has 0 unspecified atom stereocenters. The van der Waals surface area contributed by atoms with E-state index in [2.05, 4.69) is 22.1 Å². The Morgan fingerprint density at radius 2 is 2.15 bits per heavy atom. The lowest BCUT2D eigenvalue weighted by atomic mass is 10.00. The second kappa shape index (κ2) is 7.38. The van der Waals surface area contributed by atoms with E-state index in [0.29, 0.717) is 12.3 Å². The van der Waals surface area contributed by atoms with E-state index >= 15 is 0 Å². The van der Waals surface area contributed by atoms with E-state index in [0.717, 1.165) is 56.0 Å². The molecule has 27 heavy (non-hydrogen) atoms. The summed E-state index contributed by atoms with van der Waals surface area (Å²) in [7, 11) is 2.11. The molecule has 4 heterocycles. The van der Waals surface area contributed by atoms with E-state index in [1.54, 1.807) is 6.07 Å². The number of fused-ring (bicyclic) bond motifs is 1. The van der Waals surface area contributed by atoms with Crippen LogP contribution >= 0.6 is 0 Å². The number of likely N-dealkylation sites (N-methyl/N-ethyl adjacent to an activating group) is 1. The molecule has 7 heteroatoms. The molecule has 0 N–H and O–H groups in total. The van der Waals surface area contributed by atoms with Crippen molar-refractivity contribution >= 4 is 5.91 Å². The van der Waals surface area contributed by atoms with Gasteiger partial charge in [-0.05, 0) is 32.2 Å². The molecule has 2 aliphatic rings. The lowest BCUT2D eigenvalue weighted by Gasteiger charge is -2.34. The fourth-order valence-corrected chi connectivity index (χ4v) is 3.88. The average Bonchev–Trinajstić information content (AvgIpc) is 3.17. The molecule has 0 bridgehead atoms. The maximum Gasteiger partial charge on any atom is 0.293 e. The van der Waals surface area contributed by atoms with Crippen molar-refractivity contribution < 1.29 is 9.32 Å². The summed E-state index contributed by atoms with van der Waals surface area (Å²) in [5, 5.41) is 4.04. The minimum atomic E-state index is -0.111. The van der Waals surface area contributed by atoms with E-state index in [9.17, 15) is 4.79 Å². The van der Waals surface area contributed by atoms with Gasteiger partial charge in [-0.3, -0.25) is 4.79 Å². The summed E-state index contributed by atoms with van der Waals surface area (Å²) in [5.74, 6) is 1.19. The third-order valence-corrected chi connectivity index (χ3v) is 5.54. The van der Waals surface area contributed by atoms with Crippen molar-refractivity contribution in [1.29, 1.82) is 0 Å². The van der Waals surface area contributed by atoms with Gasteiger partial charge in [-0.15, -0.1) is 0 Å². The fraction of sp³-hybridized carbons (Fsp3) is 0.600. The molecule has 0 aromatic carbocycles. The van der Waals surface area contributed by atoms with E-state index in [1.807, 2.05) is 24.9 Å². The van der Waals surface area contributed by atoms with Crippen LogP contribution in [0.25, 0.3) is 0 Å². The maximum atomic E-state index is 13.1. The van der Waals surface area contributed by atoms with Gasteiger partial charge in [0.25, 0.3) is 5.91 Å². The zero-order valence-electron chi connectivity index (χ0n) is 16.3. The smallest absolute Gasteiger partial charge is 0.293 e. The number of carbonyl (C=O) groups excluding carboxylic acids is 1. The average molecular weight is 369 g/mol. The number of likely N-dealkylation sites (tertiary alicyclic amines) is 1. The third kappa shape index (κ3) is 3.60. The van der Waals surface area contributed by atoms with E-state index < -0.39 is 0 Å². The van der Waals surface area contributed by atoms with Crippen LogP contribution in [0.2, 0.25) is 0 Å². The van der Waals surface area contributed by atoms with Crippen LogP contribution in [0, 0.1) is 0 Å². The molecule has 1 amide bonds. The van der Waals surface area contributed by atoms with Gasteiger partial charge in [0.1, 0.15) is 0 Å². The molecule has 1 fully saturated rings. The Bertz CT molecular complexity index is 832. The molecule has 0 radical (unpaired) electrons. The number of piperidine rings is 1. The molecule has 2 aromatic heterocycles. The summed E-state index contributed by atoms with van der Waals surface area (Å²) in [6.45, 7) is 6.67. The van der Waals surface area contributed by atoms with Gasteiger partial charge in [-0.1, -0.05) is 19.0 Å². The Morgan fingerprint density at radius 1 is 1.30 bits per heavy atom. The second-order valence-corrected chi connectivity index (χ2v) is 7.97. The van der Waals surface area contributed by atoms with Crippen molar-refractivity contribution in [3.8, 4) is 0 Å². The highest BCUT2D eigenvalue weighted by atomic mass is 16.5. The van der Waals surface area contributed by atoms with Crippen molar-refractivity contribution in [2.75, 3.05) is 20.1 Å². The quantitative estimate of drug-likeness (QED) is 0.828. The van der Waals surface area contributed by atoms with Crippen LogP contribution in [-0.2, 0) is 13.0 Å². The van der Waals surface area contributed by atoms with Gasteiger partial charge in [0, 0.05) is 49.6 Å². The zero-order valence-corrected chi connectivity index (χ0v) is 16.3. The molecule has 1 atom stereocenters. The number of amides is 1. The summed E-state index contributed by atoms with van der Waals surface area (Å²) in [6.07, 6.45) is 5.82. The standard InChI is InChI=1S/C20H27N5O2/c1-13(2)16-10-18(27-23-16)20(26)25-8-5-4-6-17(25)19-21-11-14-12-24(3)9-7-15(14)22-19/h10-11,13,17H,4-9,12H2,1-3H3/t17-/m1/s1. The highest BCUT2D eigenvalue weighted by Gasteiger charge is 2.33. The first-order valence-electron chi connectivity index (χ1n) is 9.83. The van der Waals surface area contributed by atoms with Gasteiger partial charge in [0.05, 0.1) is 11.7 Å². The van der Waals surface area contributed by atoms with Crippen LogP contribution in [-0.4, -0.2) is 51.0 Å². The zero-order chi connectivity index (χ0) is 19.0. The molecular formula is C20H27N5O2. The van der Waals surface area contributed by atoms with Crippen molar-refractivity contribution in [3.63, 3.8) is 0 Å². The molecule has 2 aromatic rings. The number of hydrogen-bond donors (Lipinski definition) is 0. The first-order chi connectivity index (χ1) is 13.0. The molecule has 1 saturated heterocycles. The molecule has 144 valence electrons. The minimum Gasteiger partial charge on any atom is -0.351 e. The monoisotopic (exact) mass is 369 g/mol. The summed E-state index contributed by atoms with van der Waals surface area (Å²) in [4.78, 5) is 26.7. The first-order valence-corrected chi connectivity index (χ1v) is 9.83. The van der Waals surface area contributed by atoms with Gasteiger partial charge in [-0.25, -0.2) is 9.97 Å². The predicted octanol–water partition coefficient (Wildman–Crippen LogP) is 2.94. The molecule has 4 rings (SSSR count). The predicted molar refractivity (Wildman–Crippen MR) is 100 cm³/mol. The fourth-order valence-electron chi connectivity index (χ4n) is 3.88. The Morgan fingerprint density at radius 3 is 2.93 bits per heavy atom. The molecule has 0 saturated carbocycles. The molecule has 2 aliphatic heterocycles. The number of hydrogen-bond acceptors (Lipinski definition) is 6. The van der Waals surface area contributed by atoms with E-state index in [4.69, 9.17) is 9.51 Å². The summed E-state index contributed by atoms with van der Waals surface area (Å²) >= 11 is 0. The number of aromatic nitrogens is 3. The van der Waals surface area contributed by atoms with Gasteiger partial charge >= 0.3 is 0 Å². The Balaban J connectivity index is 1.60. The number of nitrogens with zero attached hydrogens (tertiary/aromatic N) is 5. The highest BCUT2D eigenvalue weighted by Crippen LogP contribution is 2.31. The Kier molecular flexibility index (Phi) is 4.95. The van der Waals surface area contributed by atoms with Crippen LogP contribution in [0.5, 0.6) is 0 Å². The largest absolute Gasteiger partial charge is 0.351 e. The maximum absolute atomic E-state index is 13.1. The molecule has 0 aliphatic carbocycles. The molecule has 7 nitrogen and oxygen atoms in total. The SMILES string of the molecule is CC(C)c1cc(C(=O)N2CCCC[C@@H]2c2ncc3c(n2)CCN(C)C3)on1. The van der Waals surface area contributed by atoms with Gasteiger partial charge in [-0.2, -0.15) is 0 Å².